The highest BCUT2D eigenvalue weighted by atomic mass is 16.2. The second-order valence-corrected chi connectivity index (χ2v) is 4.87. The molecule has 6 heteroatoms. The van der Waals surface area contributed by atoms with E-state index in [-0.39, 0.29) is 24.9 Å². The van der Waals surface area contributed by atoms with E-state index in [0.29, 0.717) is 18.8 Å². The van der Waals surface area contributed by atoms with Crippen molar-refractivity contribution < 1.29 is 9.59 Å². The summed E-state index contributed by atoms with van der Waals surface area (Å²) in [5, 5.41) is 11.9. The number of carbonyl (C=O) groups is 2. The molecular formula is C15H18N4O2. The molecule has 0 spiro atoms. The first-order valence-corrected chi connectivity index (χ1v) is 6.94. The van der Waals surface area contributed by atoms with Crippen LogP contribution in [0.5, 0.6) is 0 Å². The first-order chi connectivity index (χ1) is 10.1. The standard InChI is InChI=1S/C15H18N4O2/c1-2-12-4-3-5-13(8-12)19(11-16)10-15(21)18-7-6-17-14(20)9-18/h3-5,8H,2,6-7,9-10H2,1H3,(H,17,20). The SMILES string of the molecule is CCc1cccc(N(C#N)CC(=O)N2CCNC(=O)C2)c1. The fraction of sp³-hybridized carbons (Fsp3) is 0.400. The number of carbonyl (C=O) groups excluding carboxylic acids is 2. The quantitative estimate of drug-likeness (QED) is 0.646. The third kappa shape index (κ3) is 3.72. The van der Waals surface area contributed by atoms with Crippen molar-refractivity contribution in [3.05, 3.63) is 29.8 Å². The number of nitrogens with zero attached hydrogens (tertiary/aromatic N) is 3. The lowest BCUT2D eigenvalue weighted by Crippen LogP contribution is -2.52. The van der Waals surface area contributed by atoms with Crippen molar-refractivity contribution in [2.45, 2.75) is 13.3 Å². The van der Waals surface area contributed by atoms with Gasteiger partial charge in [-0.2, -0.15) is 5.26 Å². The highest BCUT2D eigenvalue weighted by molar-refractivity contribution is 5.88. The van der Waals surface area contributed by atoms with Crippen molar-refractivity contribution in [2.75, 3.05) is 31.1 Å². The van der Waals surface area contributed by atoms with E-state index >= 15 is 0 Å². The Morgan fingerprint density at radius 3 is 3.00 bits per heavy atom. The van der Waals surface area contributed by atoms with E-state index < -0.39 is 0 Å². The van der Waals surface area contributed by atoms with Crippen LogP contribution in [-0.2, 0) is 16.0 Å². The molecule has 0 aliphatic carbocycles. The molecule has 1 aromatic carbocycles. The predicted octanol–water partition coefficient (Wildman–Crippen LogP) is 0.495. The van der Waals surface area contributed by atoms with Crippen molar-refractivity contribution in [3.63, 3.8) is 0 Å². The molecule has 2 rings (SSSR count). The lowest BCUT2D eigenvalue weighted by atomic mass is 10.1. The van der Waals surface area contributed by atoms with Crippen LogP contribution in [-0.4, -0.2) is 42.9 Å². The summed E-state index contributed by atoms with van der Waals surface area (Å²) in [6.45, 7) is 3.00. The van der Waals surface area contributed by atoms with Gasteiger partial charge in [-0.15, -0.1) is 0 Å². The molecule has 6 nitrogen and oxygen atoms in total. The Bertz CT molecular complexity index is 579. The molecule has 0 atom stereocenters. The summed E-state index contributed by atoms with van der Waals surface area (Å²) in [6.07, 6.45) is 2.90. The zero-order valence-corrected chi connectivity index (χ0v) is 12.0. The van der Waals surface area contributed by atoms with Crippen LogP contribution in [0.1, 0.15) is 12.5 Å². The van der Waals surface area contributed by atoms with Gasteiger partial charge in [-0.05, 0) is 24.1 Å². The maximum Gasteiger partial charge on any atom is 0.243 e. The molecule has 21 heavy (non-hydrogen) atoms. The zero-order valence-electron chi connectivity index (χ0n) is 12.0. The summed E-state index contributed by atoms with van der Waals surface area (Å²) in [6, 6.07) is 7.56. The van der Waals surface area contributed by atoms with Gasteiger partial charge in [0.15, 0.2) is 6.19 Å². The molecule has 110 valence electrons. The first kappa shape index (κ1) is 14.9. The summed E-state index contributed by atoms with van der Waals surface area (Å²) in [4.78, 5) is 26.3. The van der Waals surface area contributed by atoms with Gasteiger partial charge in [0.25, 0.3) is 0 Å². The van der Waals surface area contributed by atoms with Crippen LogP contribution in [0.2, 0.25) is 0 Å². The lowest BCUT2D eigenvalue weighted by Gasteiger charge is -2.28. The van der Waals surface area contributed by atoms with E-state index in [0.717, 1.165) is 12.0 Å². The van der Waals surface area contributed by atoms with E-state index in [4.69, 9.17) is 0 Å². The van der Waals surface area contributed by atoms with Gasteiger partial charge in [0.05, 0.1) is 12.2 Å². The molecule has 1 heterocycles. The van der Waals surface area contributed by atoms with Crippen LogP contribution in [0.15, 0.2) is 24.3 Å². The number of nitriles is 1. The van der Waals surface area contributed by atoms with Gasteiger partial charge in [-0.25, -0.2) is 0 Å². The van der Waals surface area contributed by atoms with Gasteiger partial charge in [0, 0.05) is 13.1 Å². The van der Waals surface area contributed by atoms with Gasteiger partial charge in [-0.3, -0.25) is 14.5 Å². The predicted molar refractivity (Wildman–Crippen MR) is 78.4 cm³/mol. The highest BCUT2D eigenvalue weighted by Gasteiger charge is 2.23. The number of amides is 2. The minimum atomic E-state index is -0.215. The first-order valence-electron chi connectivity index (χ1n) is 6.94. The molecule has 0 bridgehead atoms. The largest absolute Gasteiger partial charge is 0.353 e. The van der Waals surface area contributed by atoms with Gasteiger partial charge >= 0.3 is 0 Å². The Hall–Kier alpha value is -2.55. The Morgan fingerprint density at radius 1 is 1.52 bits per heavy atom. The van der Waals surface area contributed by atoms with E-state index in [2.05, 4.69) is 5.32 Å². The number of aryl methyl sites for hydroxylation is 1. The summed E-state index contributed by atoms with van der Waals surface area (Å²) in [5.74, 6) is -0.376. The second kappa shape index (κ2) is 6.75. The molecule has 0 saturated carbocycles. The average molecular weight is 286 g/mol. The Kier molecular flexibility index (Phi) is 4.77. The van der Waals surface area contributed by atoms with Gasteiger partial charge in [0.1, 0.15) is 6.54 Å². The Balaban J connectivity index is 2.06. The molecule has 1 saturated heterocycles. The van der Waals surface area contributed by atoms with Crippen LogP contribution < -0.4 is 10.2 Å². The summed E-state index contributed by atoms with van der Waals surface area (Å²) < 4.78 is 0. The summed E-state index contributed by atoms with van der Waals surface area (Å²) >= 11 is 0. The van der Waals surface area contributed by atoms with Crippen LogP contribution >= 0.6 is 0 Å². The monoisotopic (exact) mass is 286 g/mol. The van der Waals surface area contributed by atoms with Crippen LogP contribution in [0, 0.1) is 11.5 Å². The topological polar surface area (TPSA) is 76.4 Å². The van der Waals surface area contributed by atoms with E-state index in [9.17, 15) is 14.9 Å². The molecule has 1 fully saturated rings. The fourth-order valence-electron chi connectivity index (χ4n) is 2.22. The summed E-state index contributed by atoms with van der Waals surface area (Å²) in [7, 11) is 0. The van der Waals surface area contributed by atoms with Crippen molar-refractivity contribution >= 4 is 17.5 Å². The number of benzene rings is 1. The fourth-order valence-corrected chi connectivity index (χ4v) is 2.22. The van der Waals surface area contributed by atoms with E-state index in [1.807, 2.05) is 31.3 Å². The molecular weight excluding hydrogens is 268 g/mol. The molecule has 1 N–H and O–H groups in total. The molecule has 0 radical (unpaired) electrons. The molecule has 1 aliphatic heterocycles. The van der Waals surface area contributed by atoms with Crippen molar-refractivity contribution in [1.82, 2.24) is 10.2 Å². The molecule has 1 aromatic rings. The maximum atomic E-state index is 12.2. The number of anilines is 1. The molecule has 0 aromatic heterocycles. The Labute approximate surface area is 123 Å². The van der Waals surface area contributed by atoms with Gasteiger partial charge in [0.2, 0.25) is 11.8 Å². The van der Waals surface area contributed by atoms with Gasteiger partial charge < -0.3 is 10.2 Å². The van der Waals surface area contributed by atoms with Crippen molar-refractivity contribution in [3.8, 4) is 6.19 Å². The van der Waals surface area contributed by atoms with Crippen molar-refractivity contribution in [2.24, 2.45) is 0 Å². The number of rotatable bonds is 4. The number of nitrogens with one attached hydrogen (secondary N) is 1. The van der Waals surface area contributed by atoms with Crippen LogP contribution in [0.3, 0.4) is 0 Å². The molecule has 1 aliphatic rings. The number of hydrogen-bond donors (Lipinski definition) is 1. The average Bonchev–Trinajstić information content (AvgIpc) is 2.52. The number of piperazine rings is 1. The third-order valence-electron chi connectivity index (χ3n) is 3.44. The minimum Gasteiger partial charge on any atom is -0.353 e. The second-order valence-electron chi connectivity index (χ2n) is 4.87. The molecule has 2 amide bonds. The minimum absolute atomic E-state index is 0.0447. The lowest BCUT2D eigenvalue weighted by molar-refractivity contribution is -0.137. The maximum absolute atomic E-state index is 12.2. The zero-order chi connectivity index (χ0) is 15.2. The van der Waals surface area contributed by atoms with Crippen LogP contribution in [0.25, 0.3) is 0 Å². The van der Waals surface area contributed by atoms with E-state index in [1.54, 1.807) is 6.07 Å². The normalized spacial score (nSPS) is 14.3. The van der Waals surface area contributed by atoms with Crippen LogP contribution in [0.4, 0.5) is 5.69 Å². The van der Waals surface area contributed by atoms with E-state index in [1.165, 1.54) is 9.80 Å². The van der Waals surface area contributed by atoms with Crippen molar-refractivity contribution in [1.29, 1.82) is 5.26 Å². The Morgan fingerprint density at radius 2 is 2.33 bits per heavy atom. The smallest absolute Gasteiger partial charge is 0.243 e. The highest BCUT2D eigenvalue weighted by Crippen LogP contribution is 2.16. The number of hydrogen-bond acceptors (Lipinski definition) is 4. The summed E-state index contributed by atoms with van der Waals surface area (Å²) in [5.41, 5.74) is 1.81. The third-order valence-corrected chi connectivity index (χ3v) is 3.44. The molecule has 0 unspecified atom stereocenters. The van der Waals surface area contributed by atoms with Gasteiger partial charge in [-0.1, -0.05) is 19.1 Å².